The number of ether oxygens (including phenoxy) is 1. The Morgan fingerprint density at radius 2 is 1.88 bits per heavy atom. The molecule has 0 aliphatic heterocycles. The minimum atomic E-state index is -0.489. The van der Waals surface area contributed by atoms with Gasteiger partial charge in [-0.1, -0.05) is 12.1 Å². The van der Waals surface area contributed by atoms with Crippen LogP contribution in [0.1, 0.15) is 19.3 Å². The first kappa shape index (κ1) is 17.4. The second-order valence-corrected chi connectivity index (χ2v) is 5.70. The SMILES string of the molecule is COC(=O)c1ccc(C(=O)NCCNc2ccccc2[N+](=O)[O-])s1. The van der Waals surface area contributed by atoms with E-state index in [2.05, 4.69) is 15.4 Å². The summed E-state index contributed by atoms with van der Waals surface area (Å²) in [6.07, 6.45) is 0. The first-order valence-corrected chi connectivity index (χ1v) is 7.78. The molecule has 1 aromatic carbocycles. The Labute approximate surface area is 141 Å². The van der Waals surface area contributed by atoms with Crippen molar-refractivity contribution < 1.29 is 19.2 Å². The van der Waals surface area contributed by atoms with Crippen LogP contribution in [0.25, 0.3) is 0 Å². The van der Waals surface area contributed by atoms with Crippen molar-refractivity contribution in [3.05, 3.63) is 56.3 Å². The number of nitrogens with one attached hydrogen (secondary N) is 2. The van der Waals surface area contributed by atoms with Gasteiger partial charge in [0.05, 0.1) is 16.9 Å². The third-order valence-electron chi connectivity index (χ3n) is 3.04. The summed E-state index contributed by atoms with van der Waals surface area (Å²) in [5.74, 6) is -0.809. The second-order valence-electron chi connectivity index (χ2n) is 4.61. The number of esters is 1. The van der Waals surface area contributed by atoms with E-state index < -0.39 is 10.9 Å². The molecular weight excluding hydrogens is 334 g/mol. The summed E-state index contributed by atoms with van der Waals surface area (Å²) in [5.41, 5.74) is 0.366. The van der Waals surface area contributed by atoms with Gasteiger partial charge < -0.3 is 15.4 Å². The predicted molar refractivity (Wildman–Crippen MR) is 89.6 cm³/mol. The molecule has 24 heavy (non-hydrogen) atoms. The Kier molecular flexibility index (Phi) is 5.85. The van der Waals surface area contributed by atoms with Crippen LogP contribution in [0.5, 0.6) is 0 Å². The number of methoxy groups -OCH3 is 1. The van der Waals surface area contributed by atoms with E-state index >= 15 is 0 Å². The fourth-order valence-corrected chi connectivity index (χ4v) is 2.75. The molecular formula is C15H15N3O5S. The van der Waals surface area contributed by atoms with Crippen LogP contribution < -0.4 is 10.6 Å². The summed E-state index contributed by atoms with van der Waals surface area (Å²) in [4.78, 5) is 34.5. The fourth-order valence-electron chi connectivity index (χ4n) is 1.91. The van der Waals surface area contributed by atoms with Gasteiger partial charge in [-0.15, -0.1) is 11.3 Å². The first-order valence-electron chi connectivity index (χ1n) is 6.96. The molecule has 0 aliphatic carbocycles. The molecule has 0 atom stereocenters. The zero-order valence-corrected chi connectivity index (χ0v) is 13.6. The van der Waals surface area contributed by atoms with Gasteiger partial charge in [-0.3, -0.25) is 14.9 Å². The Morgan fingerprint density at radius 3 is 2.58 bits per heavy atom. The number of rotatable bonds is 7. The topological polar surface area (TPSA) is 111 Å². The molecule has 0 fully saturated rings. The van der Waals surface area contributed by atoms with Crippen LogP contribution in [0.15, 0.2) is 36.4 Å². The van der Waals surface area contributed by atoms with Gasteiger partial charge in [-0.2, -0.15) is 0 Å². The molecule has 1 aromatic heterocycles. The number of amides is 1. The van der Waals surface area contributed by atoms with Crippen LogP contribution >= 0.6 is 11.3 Å². The number of hydrogen-bond donors (Lipinski definition) is 2. The highest BCUT2D eigenvalue weighted by Crippen LogP contribution is 2.22. The highest BCUT2D eigenvalue weighted by molar-refractivity contribution is 7.15. The highest BCUT2D eigenvalue weighted by Gasteiger charge is 2.14. The maximum absolute atomic E-state index is 12.0. The monoisotopic (exact) mass is 349 g/mol. The molecule has 8 nitrogen and oxygen atoms in total. The first-order chi connectivity index (χ1) is 11.5. The summed E-state index contributed by atoms with van der Waals surface area (Å²) in [7, 11) is 1.27. The van der Waals surface area contributed by atoms with Gasteiger partial charge in [-0.25, -0.2) is 4.79 Å². The molecule has 0 aliphatic rings. The second kappa shape index (κ2) is 8.06. The van der Waals surface area contributed by atoms with E-state index in [0.29, 0.717) is 22.0 Å². The van der Waals surface area contributed by atoms with E-state index in [9.17, 15) is 19.7 Å². The minimum Gasteiger partial charge on any atom is -0.465 e. The van der Waals surface area contributed by atoms with Crippen LogP contribution in [0.2, 0.25) is 0 Å². The van der Waals surface area contributed by atoms with Gasteiger partial charge in [0.2, 0.25) is 0 Å². The van der Waals surface area contributed by atoms with Crippen LogP contribution in [0.4, 0.5) is 11.4 Å². The van der Waals surface area contributed by atoms with E-state index in [-0.39, 0.29) is 18.1 Å². The van der Waals surface area contributed by atoms with Crippen molar-refractivity contribution in [1.29, 1.82) is 0 Å². The summed E-state index contributed by atoms with van der Waals surface area (Å²) in [6, 6.07) is 9.34. The standard InChI is InChI=1S/C15H15N3O5S/c1-23-15(20)13-7-6-12(24-13)14(19)17-9-8-16-10-4-2-3-5-11(10)18(21)22/h2-7,16H,8-9H2,1H3,(H,17,19). The van der Waals surface area contributed by atoms with Gasteiger partial charge in [-0.05, 0) is 18.2 Å². The lowest BCUT2D eigenvalue weighted by atomic mass is 10.2. The van der Waals surface area contributed by atoms with Crippen LogP contribution in [-0.2, 0) is 4.74 Å². The van der Waals surface area contributed by atoms with Crippen LogP contribution in [-0.4, -0.2) is 37.0 Å². The number of nitrogens with zero attached hydrogens (tertiary/aromatic N) is 1. The highest BCUT2D eigenvalue weighted by atomic mass is 32.1. The number of nitro benzene ring substituents is 1. The van der Waals surface area contributed by atoms with Gasteiger partial charge in [0.1, 0.15) is 10.6 Å². The summed E-state index contributed by atoms with van der Waals surface area (Å²) < 4.78 is 4.58. The average molecular weight is 349 g/mol. The van der Waals surface area contributed by atoms with Crippen molar-refractivity contribution in [2.24, 2.45) is 0 Å². The van der Waals surface area contributed by atoms with E-state index in [1.54, 1.807) is 24.3 Å². The molecule has 1 heterocycles. The van der Waals surface area contributed by atoms with Gasteiger partial charge in [0.25, 0.3) is 11.6 Å². The van der Waals surface area contributed by atoms with Crippen LogP contribution in [0.3, 0.4) is 0 Å². The number of benzene rings is 1. The summed E-state index contributed by atoms with van der Waals surface area (Å²) in [5, 5.41) is 16.5. The van der Waals surface area contributed by atoms with E-state index in [1.165, 1.54) is 19.2 Å². The number of hydrogen-bond acceptors (Lipinski definition) is 7. The average Bonchev–Trinajstić information content (AvgIpc) is 3.08. The lowest BCUT2D eigenvalue weighted by Gasteiger charge is -2.07. The van der Waals surface area contributed by atoms with E-state index in [4.69, 9.17) is 0 Å². The smallest absolute Gasteiger partial charge is 0.348 e. The van der Waals surface area contributed by atoms with Crippen molar-refractivity contribution in [3.63, 3.8) is 0 Å². The number of anilines is 1. The van der Waals surface area contributed by atoms with Crippen molar-refractivity contribution in [3.8, 4) is 0 Å². The molecule has 126 valence electrons. The molecule has 0 saturated carbocycles. The fraction of sp³-hybridized carbons (Fsp3) is 0.200. The number of thiophene rings is 1. The van der Waals surface area contributed by atoms with Gasteiger partial charge in [0, 0.05) is 19.2 Å². The molecule has 2 N–H and O–H groups in total. The molecule has 0 radical (unpaired) electrons. The number of carbonyl (C=O) groups excluding carboxylic acids is 2. The molecule has 0 bridgehead atoms. The molecule has 9 heteroatoms. The summed E-state index contributed by atoms with van der Waals surface area (Å²) >= 11 is 1.04. The zero-order valence-electron chi connectivity index (χ0n) is 12.8. The molecule has 2 rings (SSSR count). The number of nitro groups is 1. The normalized spacial score (nSPS) is 10.0. The Morgan fingerprint density at radius 1 is 1.17 bits per heavy atom. The molecule has 2 aromatic rings. The Hall–Kier alpha value is -2.94. The minimum absolute atomic E-state index is 0.0233. The van der Waals surface area contributed by atoms with Gasteiger partial charge in [0.15, 0.2) is 0 Å². The lowest BCUT2D eigenvalue weighted by Crippen LogP contribution is -2.28. The molecule has 0 spiro atoms. The maximum atomic E-state index is 12.0. The molecule has 1 amide bonds. The zero-order chi connectivity index (χ0) is 17.5. The summed E-state index contributed by atoms with van der Waals surface area (Å²) in [6.45, 7) is 0.599. The molecule has 0 saturated heterocycles. The van der Waals surface area contributed by atoms with Crippen LogP contribution in [0, 0.1) is 10.1 Å². The van der Waals surface area contributed by atoms with Crippen molar-refractivity contribution >= 4 is 34.6 Å². The lowest BCUT2D eigenvalue weighted by molar-refractivity contribution is -0.384. The Bertz CT molecular complexity index is 759. The van der Waals surface area contributed by atoms with Gasteiger partial charge >= 0.3 is 5.97 Å². The third kappa shape index (κ3) is 4.29. The quantitative estimate of drug-likeness (QED) is 0.343. The van der Waals surface area contributed by atoms with Crippen molar-refractivity contribution in [1.82, 2.24) is 5.32 Å². The van der Waals surface area contributed by atoms with E-state index in [1.807, 2.05) is 0 Å². The number of para-hydroxylation sites is 2. The Balaban J connectivity index is 1.84. The van der Waals surface area contributed by atoms with Crippen molar-refractivity contribution in [2.75, 3.05) is 25.5 Å². The third-order valence-corrected chi connectivity index (χ3v) is 4.11. The largest absolute Gasteiger partial charge is 0.465 e. The maximum Gasteiger partial charge on any atom is 0.348 e. The molecule has 0 unspecified atom stereocenters. The van der Waals surface area contributed by atoms with E-state index in [0.717, 1.165) is 11.3 Å². The van der Waals surface area contributed by atoms with Crippen molar-refractivity contribution in [2.45, 2.75) is 0 Å². The predicted octanol–water partition coefficient (Wildman–Crippen LogP) is 2.28. The number of carbonyl (C=O) groups is 2.